The molecule has 0 aliphatic rings. The Morgan fingerprint density at radius 2 is 1.74 bits per heavy atom. The molecule has 3 aromatic rings. The summed E-state index contributed by atoms with van der Waals surface area (Å²) < 4.78 is 11.0. The third-order valence-corrected chi connectivity index (χ3v) is 3.11. The number of carbonyl (C=O) groups excluding carboxylic acids is 1. The largest absolute Gasteiger partial charge is 0.467 e. The average Bonchev–Trinajstić information content (AvgIpc) is 3.09. The second-order valence-electron chi connectivity index (χ2n) is 4.80. The van der Waals surface area contributed by atoms with Gasteiger partial charge in [0.2, 0.25) is 0 Å². The molecule has 0 radical (unpaired) electrons. The van der Waals surface area contributed by atoms with Crippen molar-refractivity contribution in [3.05, 3.63) is 78.8 Å². The van der Waals surface area contributed by atoms with Crippen LogP contribution in [0, 0.1) is 0 Å². The number of para-hydroxylation sites is 3. The molecule has 1 aromatic heterocycles. The van der Waals surface area contributed by atoms with Gasteiger partial charge in [0.15, 0.2) is 5.75 Å². The quantitative estimate of drug-likeness (QED) is 0.734. The van der Waals surface area contributed by atoms with Crippen molar-refractivity contribution in [2.24, 2.45) is 0 Å². The summed E-state index contributed by atoms with van der Waals surface area (Å²) >= 11 is 0. The lowest BCUT2D eigenvalue weighted by atomic mass is 10.3. The van der Waals surface area contributed by atoms with Gasteiger partial charge in [-0.15, -0.1) is 0 Å². The highest BCUT2D eigenvalue weighted by atomic mass is 16.5. The minimum absolute atomic E-state index is 0.320. The fourth-order valence-electron chi connectivity index (χ4n) is 2.02. The van der Waals surface area contributed by atoms with Crippen LogP contribution < -0.4 is 15.4 Å². The number of carbonyl (C=O) groups is 1. The number of hydrogen-bond acceptors (Lipinski definition) is 3. The Morgan fingerprint density at radius 1 is 0.957 bits per heavy atom. The van der Waals surface area contributed by atoms with Crippen LogP contribution in [0.3, 0.4) is 0 Å². The van der Waals surface area contributed by atoms with Crippen LogP contribution in [0.25, 0.3) is 0 Å². The Kier molecular flexibility index (Phi) is 4.59. The van der Waals surface area contributed by atoms with Crippen LogP contribution in [0.1, 0.15) is 5.76 Å². The zero-order chi connectivity index (χ0) is 15.9. The molecule has 2 amide bonds. The predicted octanol–water partition coefficient (Wildman–Crippen LogP) is 4.39. The number of rotatable bonds is 5. The fraction of sp³-hybridized carbons (Fsp3) is 0.0556. The summed E-state index contributed by atoms with van der Waals surface area (Å²) in [6.07, 6.45) is 1.57. The van der Waals surface area contributed by atoms with Gasteiger partial charge >= 0.3 is 6.03 Å². The highest BCUT2D eigenvalue weighted by Crippen LogP contribution is 2.28. The van der Waals surface area contributed by atoms with Crippen molar-refractivity contribution < 1.29 is 13.9 Å². The number of furan rings is 1. The molecule has 0 atom stereocenters. The van der Waals surface area contributed by atoms with Crippen LogP contribution >= 0.6 is 0 Å². The molecule has 0 bridgehead atoms. The van der Waals surface area contributed by atoms with Gasteiger partial charge < -0.3 is 19.8 Å². The average molecular weight is 308 g/mol. The van der Waals surface area contributed by atoms with Crippen molar-refractivity contribution in [1.29, 1.82) is 0 Å². The van der Waals surface area contributed by atoms with Gasteiger partial charge in [-0.1, -0.05) is 30.3 Å². The molecule has 0 aliphatic carbocycles. The van der Waals surface area contributed by atoms with E-state index in [2.05, 4.69) is 10.6 Å². The van der Waals surface area contributed by atoms with Crippen LogP contribution in [-0.2, 0) is 6.54 Å². The molecule has 5 heteroatoms. The van der Waals surface area contributed by atoms with Crippen LogP contribution in [0.5, 0.6) is 11.5 Å². The Morgan fingerprint density at radius 3 is 2.52 bits per heavy atom. The lowest BCUT2D eigenvalue weighted by Gasteiger charge is -2.12. The zero-order valence-electron chi connectivity index (χ0n) is 12.4. The van der Waals surface area contributed by atoms with Gasteiger partial charge in [0.1, 0.15) is 11.5 Å². The third-order valence-electron chi connectivity index (χ3n) is 3.11. The highest BCUT2D eigenvalue weighted by molar-refractivity contribution is 5.90. The van der Waals surface area contributed by atoms with Crippen LogP contribution in [0.2, 0.25) is 0 Å². The minimum atomic E-state index is -0.328. The topological polar surface area (TPSA) is 63.5 Å². The maximum atomic E-state index is 12.0. The molecule has 0 unspecified atom stereocenters. The second-order valence-corrected chi connectivity index (χ2v) is 4.80. The molecule has 5 nitrogen and oxygen atoms in total. The summed E-state index contributed by atoms with van der Waals surface area (Å²) in [5, 5.41) is 5.50. The van der Waals surface area contributed by atoms with E-state index in [1.807, 2.05) is 42.5 Å². The Hall–Kier alpha value is -3.21. The van der Waals surface area contributed by atoms with Crippen molar-refractivity contribution in [1.82, 2.24) is 5.32 Å². The Balaban J connectivity index is 1.64. The summed E-state index contributed by atoms with van der Waals surface area (Å²) in [7, 11) is 0. The molecule has 0 fully saturated rings. The monoisotopic (exact) mass is 308 g/mol. The standard InChI is InChI=1S/C18H16N2O3/c21-18(19-13-15-9-6-12-22-15)20-16-10-4-5-11-17(16)23-14-7-2-1-3-8-14/h1-12H,13H2,(H2,19,20,21). The van der Waals surface area contributed by atoms with Crippen LogP contribution in [-0.4, -0.2) is 6.03 Å². The third kappa shape index (κ3) is 4.14. The van der Waals surface area contributed by atoms with Gasteiger partial charge in [-0.25, -0.2) is 4.79 Å². The SMILES string of the molecule is O=C(NCc1ccco1)Nc1ccccc1Oc1ccccc1. The maximum absolute atomic E-state index is 12.0. The van der Waals surface area contributed by atoms with Crippen molar-refractivity contribution in [2.45, 2.75) is 6.54 Å². The molecule has 2 aromatic carbocycles. The molecular weight excluding hydrogens is 292 g/mol. The number of benzene rings is 2. The minimum Gasteiger partial charge on any atom is -0.467 e. The van der Waals surface area contributed by atoms with E-state index < -0.39 is 0 Å². The lowest BCUT2D eigenvalue weighted by molar-refractivity contribution is 0.250. The van der Waals surface area contributed by atoms with Gasteiger partial charge in [-0.2, -0.15) is 0 Å². The normalized spacial score (nSPS) is 10.1. The summed E-state index contributed by atoms with van der Waals surface area (Å²) in [6, 6.07) is 19.9. The van der Waals surface area contributed by atoms with Crippen LogP contribution in [0.15, 0.2) is 77.4 Å². The first kappa shape index (κ1) is 14.7. The van der Waals surface area contributed by atoms with E-state index in [4.69, 9.17) is 9.15 Å². The number of urea groups is 1. The van der Waals surface area contributed by atoms with Crippen molar-refractivity contribution >= 4 is 11.7 Å². The molecule has 0 aliphatic heterocycles. The number of anilines is 1. The van der Waals surface area contributed by atoms with Crippen LogP contribution in [0.4, 0.5) is 10.5 Å². The molecule has 0 saturated carbocycles. The van der Waals surface area contributed by atoms with Gasteiger partial charge in [0.25, 0.3) is 0 Å². The molecule has 116 valence electrons. The first-order valence-electron chi connectivity index (χ1n) is 7.20. The molecule has 0 saturated heterocycles. The summed E-state index contributed by atoms with van der Waals surface area (Å²) in [5.74, 6) is 1.97. The van der Waals surface area contributed by atoms with E-state index in [1.54, 1.807) is 30.5 Å². The molecule has 0 spiro atoms. The fourth-order valence-corrected chi connectivity index (χ4v) is 2.02. The van der Waals surface area contributed by atoms with Gasteiger partial charge in [0, 0.05) is 0 Å². The van der Waals surface area contributed by atoms with Gasteiger partial charge in [-0.05, 0) is 36.4 Å². The molecular formula is C18H16N2O3. The van der Waals surface area contributed by atoms with Crippen molar-refractivity contribution in [2.75, 3.05) is 5.32 Å². The summed E-state index contributed by atoms with van der Waals surface area (Å²) in [5.41, 5.74) is 0.591. The van der Waals surface area contributed by atoms with E-state index >= 15 is 0 Å². The second kappa shape index (κ2) is 7.17. The highest BCUT2D eigenvalue weighted by Gasteiger charge is 2.08. The predicted molar refractivity (Wildman–Crippen MR) is 87.5 cm³/mol. The summed E-state index contributed by atoms with van der Waals surface area (Å²) in [6.45, 7) is 0.320. The van der Waals surface area contributed by atoms with Crippen molar-refractivity contribution in [3.8, 4) is 11.5 Å². The number of nitrogens with one attached hydrogen (secondary N) is 2. The van der Waals surface area contributed by atoms with Crippen molar-refractivity contribution in [3.63, 3.8) is 0 Å². The van der Waals surface area contributed by atoms with E-state index in [0.717, 1.165) is 0 Å². The number of hydrogen-bond donors (Lipinski definition) is 2. The number of amides is 2. The molecule has 3 rings (SSSR count). The smallest absolute Gasteiger partial charge is 0.319 e. The molecule has 2 N–H and O–H groups in total. The van der Waals surface area contributed by atoms with E-state index in [9.17, 15) is 4.79 Å². The molecule has 23 heavy (non-hydrogen) atoms. The lowest BCUT2D eigenvalue weighted by Crippen LogP contribution is -2.28. The first-order valence-corrected chi connectivity index (χ1v) is 7.20. The van der Waals surface area contributed by atoms with Gasteiger partial charge in [0.05, 0.1) is 18.5 Å². The zero-order valence-corrected chi connectivity index (χ0v) is 12.4. The first-order chi connectivity index (χ1) is 11.3. The summed E-state index contributed by atoms with van der Waals surface area (Å²) in [4.78, 5) is 12.0. The van der Waals surface area contributed by atoms with E-state index in [0.29, 0.717) is 29.5 Å². The Labute approximate surface area is 133 Å². The maximum Gasteiger partial charge on any atom is 0.319 e. The van der Waals surface area contributed by atoms with E-state index in [-0.39, 0.29) is 6.03 Å². The number of ether oxygens (including phenoxy) is 1. The molecule has 1 heterocycles. The van der Waals surface area contributed by atoms with E-state index in [1.165, 1.54) is 0 Å². The Bertz CT molecular complexity index is 755. The van der Waals surface area contributed by atoms with Gasteiger partial charge in [-0.3, -0.25) is 0 Å².